The van der Waals surface area contributed by atoms with Crippen LogP contribution in [0.1, 0.15) is 28.3 Å². The number of nitrogens with zero attached hydrogens (tertiary/aromatic N) is 8. The zero-order valence-electron chi connectivity index (χ0n) is 21.7. The molecule has 1 atom stereocenters. The number of likely N-dealkylation sites (N-methyl/N-ethyl adjacent to an activating group) is 1. The Kier molecular flexibility index (Phi) is 6.58. The lowest BCUT2D eigenvalue weighted by Gasteiger charge is -2.25. The third-order valence-electron chi connectivity index (χ3n) is 6.49. The Morgan fingerprint density at radius 3 is 2.71 bits per heavy atom. The summed E-state index contributed by atoms with van der Waals surface area (Å²) in [5.74, 6) is 0.493. The van der Waals surface area contributed by atoms with Crippen molar-refractivity contribution in [3.05, 3.63) is 34.4 Å². The molecule has 1 aliphatic rings. The minimum absolute atomic E-state index is 0.0709. The predicted molar refractivity (Wildman–Crippen MR) is 136 cm³/mol. The van der Waals surface area contributed by atoms with Gasteiger partial charge in [0.2, 0.25) is 11.8 Å². The quantitative estimate of drug-likeness (QED) is 0.434. The minimum atomic E-state index is -2.76. The maximum Gasteiger partial charge on any atom is 0.276 e. The van der Waals surface area contributed by atoms with Crippen LogP contribution in [0, 0.1) is 25.2 Å². The smallest absolute Gasteiger partial charge is 0.276 e. The molecule has 13 heteroatoms. The van der Waals surface area contributed by atoms with E-state index in [0.717, 1.165) is 11.1 Å². The second kappa shape index (κ2) is 9.86. The van der Waals surface area contributed by atoms with Crippen molar-refractivity contribution in [3.8, 4) is 29.1 Å². The SMILES string of the molecule is Cc1nn(C)c2c1-c1cc3c([nH]nc3c(C)n1)/C=C/c1c(OCC#N)nn(C)c1CN(C)C[C@H](C(F)F)O2. The highest BCUT2D eigenvalue weighted by Gasteiger charge is 2.30. The Hall–Kier alpha value is -4.31. The van der Waals surface area contributed by atoms with Crippen molar-refractivity contribution >= 4 is 23.1 Å². The Balaban J connectivity index is 1.74. The number of hydrogen-bond donors (Lipinski definition) is 1. The van der Waals surface area contributed by atoms with E-state index in [0.29, 0.717) is 39.4 Å². The number of H-pyrrole nitrogens is 1. The fourth-order valence-electron chi connectivity index (χ4n) is 4.73. The van der Waals surface area contributed by atoms with Crippen LogP contribution in [0.25, 0.3) is 34.3 Å². The first-order chi connectivity index (χ1) is 18.2. The van der Waals surface area contributed by atoms with Gasteiger partial charge < -0.3 is 9.47 Å². The average Bonchev–Trinajstić information content (AvgIpc) is 3.49. The average molecular weight is 524 g/mol. The van der Waals surface area contributed by atoms with E-state index >= 15 is 0 Å². The van der Waals surface area contributed by atoms with E-state index in [1.54, 1.807) is 37.6 Å². The van der Waals surface area contributed by atoms with E-state index in [4.69, 9.17) is 19.7 Å². The molecule has 0 unspecified atom stereocenters. The highest BCUT2D eigenvalue weighted by Crippen LogP contribution is 2.36. The van der Waals surface area contributed by atoms with Gasteiger partial charge in [-0.05, 0) is 39.1 Å². The van der Waals surface area contributed by atoms with Crippen molar-refractivity contribution in [1.29, 1.82) is 5.26 Å². The lowest BCUT2D eigenvalue weighted by molar-refractivity contribution is -0.00946. The second-order valence-electron chi connectivity index (χ2n) is 9.27. The first-order valence-corrected chi connectivity index (χ1v) is 11.9. The van der Waals surface area contributed by atoms with Gasteiger partial charge in [-0.1, -0.05) is 0 Å². The molecule has 38 heavy (non-hydrogen) atoms. The normalized spacial score (nSPS) is 17.0. The van der Waals surface area contributed by atoms with E-state index in [9.17, 15) is 8.78 Å². The molecule has 4 aromatic heterocycles. The number of aryl methyl sites for hydroxylation is 4. The largest absolute Gasteiger partial charge is 0.467 e. The maximum absolute atomic E-state index is 14.3. The zero-order chi connectivity index (χ0) is 27.1. The number of nitriles is 1. The Labute approximate surface area is 217 Å². The van der Waals surface area contributed by atoms with Gasteiger partial charge in [0.1, 0.15) is 11.6 Å². The van der Waals surface area contributed by atoms with Gasteiger partial charge in [-0.25, -0.2) is 13.5 Å². The van der Waals surface area contributed by atoms with Gasteiger partial charge in [-0.3, -0.25) is 19.7 Å². The van der Waals surface area contributed by atoms with Gasteiger partial charge in [-0.15, -0.1) is 5.10 Å². The van der Waals surface area contributed by atoms with Crippen LogP contribution in [0.2, 0.25) is 0 Å². The fourth-order valence-corrected chi connectivity index (χ4v) is 4.73. The number of alkyl halides is 2. The zero-order valence-corrected chi connectivity index (χ0v) is 21.7. The summed E-state index contributed by atoms with van der Waals surface area (Å²) < 4.78 is 43.2. The summed E-state index contributed by atoms with van der Waals surface area (Å²) in [6, 6.07) is 3.80. The third-order valence-corrected chi connectivity index (χ3v) is 6.49. The highest BCUT2D eigenvalue weighted by molar-refractivity contribution is 5.93. The van der Waals surface area contributed by atoms with Gasteiger partial charge in [0.25, 0.3) is 6.43 Å². The molecule has 0 radical (unpaired) electrons. The van der Waals surface area contributed by atoms with Crippen molar-refractivity contribution < 1.29 is 18.3 Å². The number of fused-ring (bicyclic) bond motifs is 4. The summed E-state index contributed by atoms with van der Waals surface area (Å²) in [5, 5.41) is 26.2. The van der Waals surface area contributed by atoms with E-state index < -0.39 is 12.5 Å². The van der Waals surface area contributed by atoms with Gasteiger partial charge in [0, 0.05) is 32.6 Å². The first kappa shape index (κ1) is 25.3. The minimum Gasteiger partial charge on any atom is -0.467 e. The van der Waals surface area contributed by atoms with Gasteiger partial charge >= 0.3 is 0 Å². The molecule has 11 nitrogen and oxygen atoms in total. The van der Waals surface area contributed by atoms with Gasteiger partial charge in [0.05, 0.1) is 39.6 Å². The summed E-state index contributed by atoms with van der Waals surface area (Å²) in [5.41, 5.74) is 5.12. The van der Waals surface area contributed by atoms with Crippen molar-refractivity contribution in [2.75, 3.05) is 20.2 Å². The van der Waals surface area contributed by atoms with Crippen LogP contribution in [0.15, 0.2) is 6.07 Å². The molecule has 0 amide bonds. The molecular weight excluding hydrogens is 496 g/mol. The Bertz CT molecular complexity index is 1580. The lowest BCUT2D eigenvalue weighted by atomic mass is 10.1. The molecule has 0 spiro atoms. The fraction of sp³-hybridized carbons (Fsp3) is 0.400. The molecule has 0 aliphatic carbocycles. The van der Waals surface area contributed by atoms with Gasteiger partial charge in [-0.2, -0.15) is 15.5 Å². The molecule has 0 fully saturated rings. The van der Waals surface area contributed by atoms with Crippen LogP contribution < -0.4 is 9.47 Å². The van der Waals surface area contributed by atoms with Crippen LogP contribution in [-0.4, -0.2) is 72.4 Å². The summed E-state index contributed by atoms with van der Waals surface area (Å²) in [6.45, 7) is 3.66. The van der Waals surface area contributed by atoms with Crippen LogP contribution in [0.5, 0.6) is 11.8 Å². The molecule has 5 heterocycles. The number of nitrogens with one attached hydrogen (secondary N) is 1. The lowest BCUT2D eigenvalue weighted by Crippen LogP contribution is -2.38. The number of aromatic nitrogens is 7. The molecule has 4 aromatic rings. The molecule has 1 N–H and O–H groups in total. The van der Waals surface area contributed by atoms with E-state index in [1.807, 2.05) is 31.2 Å². The first-order valence-electron chi connectivity index (χ1n) is 11.9. The summed E-state index contributed by atoms with van der Waals surface area (Å²) >= 11 is 0. The molecule has 2 bridgehead atoms. The number of pyridine rings is 1. The third kappa shape index (κ3) is 4.47. The highest BCUT2D eigenvalue weighted by atomic mass is 19.3. The van der Waals surface area contributed by atoms with E-state index in [-0.39, 0.29) is 31.5 Å². The number of aromatic amines is 1. The standard InChI is InChI=1S/C25H27F2N9O2/c1-13-21-18-10-16-17(30-31-22(16)14(2)29-18)7-6-15-19(35(4)33-24(15)37-9-8-28)11-34(3)12-20(23(26)27)38-25(21)36(5)32-13/h6-7,10,20,23H,9,11-12H2,1-5H3,(H,30,31)/b7-6+/t20-/m1/s1. The molecule has 0 saturated carbocycles. The molecular formula is C25H27F2N9O2. The van der Waals surface area contributed by atoms with Crippen LogP contribution in [0.4, 0.5) is 8.78 Å². The predicted octanol–water partition coefficient (Wildman–Crippen LogP) is 3.24. The van der Waals surface area contributed by atoms with E-state index in [1.165, 1.54) is 4.68 Å². The molecule has 0 aromatic carbocycles. The van der Waals surface area contributed by atoms with Crippen LogP contribution in [-0.2, 0) is 20.6 Å². The number of rotatable bonds is 3. The van der Waals surface area contributed by atoms with Crippen LogP contribution in [0.3, 0.4) is 0 Å². The monoisotopic (exact) mass is 523 g/mol. The molecule has 0 saturated heterocycles. The second-order valence-corrected chi connectivity index (χ2v) is 9.27. The van der Waals surface area contributed by atoms with E-state index in [2.05, 4.69) is 20.4 Å². The Morgan fingerprint density at radius 2 is 1.97 bits per heavy atom. The number of halogens is 2. The number of ether oxygens (including phenoxy) is 2. The maximum atomic E-state index is 14.3. The number of hydrogen-bond acceptors (Lipinski definition) is 8. The van der Waals surface area contributed by atoms with Gasteiger partial charge in [0.15, 0.2) is 12.7 Å². The van der Waals surface area contributed by atoms with Crippen molar-refractivity contribution in [1.82, 2.24) is 39.6 Å². The van der Waals surface area contributed by atoms with Crippen molar-refractivity contribution in [2.24, 2.45) is 14.1 Å². The van der Waals surface area contributed by atoms with Crippen LogP contribution >= 0.6 is 0 Å². The summed E-state index contributed by atoms with van der Waals surface area (Å²) in [6.07, 6.45) is -0.510. The van der Waals surface area contributed by atoms with Crippen molar-refractivity contribution in [3.63, 3.8) is 0 Å². The summed E-state index contributed by atoms with van der Waals surface area (Å²) in [4.78, 5) is 6.45. The topological polar surface area (TPSA) is 123 Å². The Morgan fingerprint density at radius 1 is 1.18 bits per heavy atom. The molecule has 5 rings (SSSR count). The molecule has 1 aliphatic heterocycles. The molecule has 198 valence electrons. The van der Waals surface area contributed by atoms with Crippen molar-refractivity contribution in [2.45, 2.75) is 32.9 Å². The summed E-state index contributed by atoms with van der Waals surface area (Å²) in [7, 11) is 5.13.